The zero-order valence-corrected chi connectivity index (χ0v) is 12.3. The van der Waals surface area contributed by atoms with Gasteiger partial charge in [-0.2, -0.15) is 0 Å². The van der Waals surface area contributed by atoms with Gasteiger partial charge in [0.15, 0.2) is 11.4 Å². The van der Waals surface area contributed by atoms with E-state index in [9.17, 15) is 4.39 Å². The zero-order chi connectivity index (χ0) is 14.9. The van der Waals surface area contributed by atoms with Crippen LogP contribution >= 0.6 is 0 Å². The lowest BCUT2D eigenvalue weighted by atomic mass is 9.84. The summed E-state index contributed by atoms with van der Waals surface area (Å²) in [5.74, 6) is 0.355. The summed E-state index contributed by atoms with van der Waals surface area (Å²) in [4.78, 5) is 0. The van der Waals surface area contributed by atoms with E-state index in [1.54, 1.807) is 13.2 Å². The molecule has 0 saturated carbocycles. The SMILES string of the molecule is CNC(c1cc2cccc(F)c2o1)C1(OC)CCOCC1. The zero-order valence-electron chi connectivity index (χ0n) is 12.3. The molecular weight excluding hydrogens is 273 g/mol. The van der Waals surface area contributed by atoms with Gasteiger partial charge in [0.25, 0.3) is 0 Å². The lowest BCUT2D eigenvalue weighted by Crippen LogP contribution is -2.48. The summed E-state index contributed by atoms with van der Waals surface area (Å²) in [7, 11) is 3.57. The first-order chi connectivity index (χ1) is 10.2. The Kier molecular flexibility index (Phi) is 3.97. The van der Waals surface area contributed by atoms with Crippen molar-refractivity contribution >= 4 is 11.0 Å². The number of halogens is 1. The number of fused-ring (bicyclic) bond motifs is 1. The topological polar surface area (TPSA) is 43.6 Å². The highest BCUT2D eigenvalue weighted by Gasteiger charge is 2.42. The molecule has 0 radical (unpaired) electrons. The molecule has 1 aromatic heterocycles. The van der Waals surface area contributed by atoms with E-state index in [-0.39, 0.29) is 11.9 Å². The van der Waals surface area contributed by atoms with Gasteiger partial charge in [-0.3, -0.25) is 0 Å². The minimum Gasteiger partial charge on any atom is -0.456 e. The summed E-state index contributed by atoms with van der Waals surface area (Å²) in [6, 6.07) is 6.69. The van der Waals surface area contributed by atoms with Crippen LogP contribution < -0.4 is 5.32 Å². The molecular formula is C16H20FNO3. The van der Waals surface area contributed by atoms with Crippen molar-refractivity contribution in [3.63, 3.8) is 0 Å². The predicted octanol–water partition coefficient (Wildman–Crippen LogP) is 3.03. The van der Waals surface area contributed by atoms with Crippen LogP contribution in [0.2, 0.25) is 0 Å². The standard InChI is InChI=1S/C16H20FNO3/c1-18-15(16(19-2)6-8-20-9-7-16)13-10-11-4-3-5-12(17)14(11)21-13/h3-5,10,15,18H,6-9H2,1-2H3. The molecule has 0 spiro atoms. The summed E-state index contributed by atoms with van der Waals surface area (Å²) in [6.07, 6.45) is 1.54. The predicted molar refractivity (Wildman–Crippen MR) is 77.8 cm³/mol. The molecule has 2 heterocycles. The maximum atomic E-state index is 13.8. The number of hydrogen-bond donors (Lipinski definition) is 1. The summed E-state index contributed by atoms with van der Waals surface area (Å²) >= 11 is 0. The normalized spacial score (nSPS) is 19.8. The summed E-state index contributed by atoms with van der Waals surface area (Å²) in [5, 5.41) is 4.03. The Bertz CT molecular complexity index is 619. The minimum absolute atomic E-state index is 0.141. The summed E-state index contributed by atoms with van der Waals surface area (Å²) < 4.78 is 30.8. The average molecular weight is 293 g/mol. The second kappa shape index (κ2) is 5.75. The highest BCUT2D eigenvalue weighted by atomic mass is 19.1. The van der Waals surface area contributed by atoms with Gasteiger partial charge in [-0.05, 0) is 19.2 Å². The lowest BCUT2D eigenvalue weighted by Gasteiger charge is -2.41. The van der Waals surface area contributed by atoms with Crippen molar-refractivity contribution in [3.8, 4) is 0 Å². The number of likely N-dealkylation sites (N-methyl/N-ethyl adjacent to an activating group) is 1. The van der Waals surface area contributed by atoms with Crippen LogP contribution in [-0.2, 0) is 9.47 Å². The van der Waals surface area contributed by atoms with Crippen LogP contribution in [0.15, 0.2) is 28.7 Å². The fourth-order valence-corrected chi connectivity index (χ4v) is 3.18. The first-order valence-corrected chi connectivity index (χ1v) is 7.18. The summed E-state index contributed by atoms with van der Waals surface area (Å²) in [5.41, 5.74) is -0.0942. The Labute approximate surface area is 123 Å². The Morgan fingerprint density at radius 2 is 2.10 bits per heavy atom. The van der Waals surface area contributed by atoms with Gasteiger partial charge in [0.05, 0.1) is 11.6 Å². The molecule has 1 aromatic carbocycles. The molecule has 0 aliphatic carbocycles. The average Bonchev–Trinajstić information content (AvgIpc) is 2.94. The molecule has 1 aliphatic rings. The molecule has 1 N–H and O–H groups in total. The van der Waals surface area contributed by atoms with Crippen LogP contribution in [0.4, 0.5) is 4.39 Å². The lowest BCUT2D eigenvalue weighted by molar-refractivity contribution is -0.113. The molecule has 4 nitrogen and oxygen atoms in total. The van der Waals surface area contributed by atoms with Crippen molar-refractivity contribution in [3.05, 3.63) is 35.8 Å². The number of benzene rings is 1. The molecule has 3 rings (SSSR count). The van der Waals surface area contributed by atoms with E-state index in [0.717, 1.165) is 18.2 Å². The number of para-hydroxylation sites is 1. The van der Waals surface area contributed by atoms with Gasteiger partial charge >= 0.3 is 0 Å². The minimum atomic E-state index is -0.392. The van der Waals surface area contributed by atoms with Crippen LogP contribution in [0.1, 0.15) is 24.6 Å². The fraction of sp³-hybridized carbons (Fsp3) is 0.500. The van der Waals surface area contributed by atoms with Crippen molar-refractivity contribution in [2.45, 2.75) is 24.5 Å². The molecule has 114 valence electrons. The van der Waals surface area contributed by atoms with E-state index in [0.29, 0.717) is 24.6 Å². The monoisotopic (exact) mass is 293 g/mol. The Balaban J connectivity index is 2.02. The molecule has 5 heteroatoms. The van der Waals surface area contributed by atoms with Crippen LogP contribution in [0.5, 0.6) is 0 Å². The van der Waals surface area contributed by atoms with Crippen LogP contribution in [0.25, 0.3) is 11.0 Å². The van der Waals surface area contributed by atoms with Crippen molar-refractivity contribution < 1.29 is 18.3 Å². The second-order valence-corrected chi connectivity index (χ2v) is 5.41. The number of hydrogen-bond acceptors (Lipinski definition) is 4. The Hall–Kier alpha value is -1.43. The molecule has 0 amide bonds. The van der Waals surface area contributed by atoms with E-state index >= 15 is 0 Å². The summed E-state index contributed by atoms with van der Waals surface area (Å²) in [6.45, 7) is 1.31. The molecule has 1 aliphatic heterocycles. The number of methoxy groups -OCH3 is 1. The van der Waals surface area contributed by atoms with Gasteiger partial charge in [-0.15, -0.1) is 0 Å². The van der Waals surface area contributed by atoms with Crippen molar-refractivity contribution in [2.75, 3.05) is 27.4 Å². The number of ether oxygens (including phenoxy) is 2. The third kappa shape index (κ3) is 2.46. The number of rotatable bonds is 4. The molecule has 21 heavy (non-hydrogen) atoms. The highest BCUT2D eigenvalue weighted by Crippen LogP contribution is 2.39. The van der Waals surface area contributed by atoms with Crippen LogP contribution in [-0.4, -0.2) is 33.0 Å². The Morgan fingerprint density at radius 1 is 1.33 bits per heavy atom. The molecule has 1 fully saturated rings. The fourth-order valence-electron chi connectivity index (χ4n) is 3.18. The van der Waals surface area contributed by atoms with Gasteiger partial charge < -0.3 is 19.2 Å². The van der Waals surface area contributed by atoms with Crippen LogP contribution in [0, 0.1) is 5.82 Å². The van der Waals surface area contributed by atoms with Crippen molar-refractivity contribution in [2.24, 2.45) is 0 Å². The largest absolute Gasteiger partial charge is 0.456 e. The molecule has 1 saturated heterocycles. The maximum Gasteiger partial charge on any atom is 0.169 e. The van der Waals surface area contributed by atoms with E-state index in [1.807, 2.05) is 19.2 Å². The van der Waals surface area contributed by atoms with E-state index in [2.05, 4.69) is 5.32 Å². The molecule has 1 atom stereocenters. The van der Waals surface area contributed by atoms with Gasteiger partial charge in [-0.25, -0.2) is 4.39 Å². The van der Waals surface area contributed by atoms with Gasteiger partial charge in [0, 0.05) is 38.6 Å². The van der Waals surface area contributed by atoms with Crippen molar-refractivity contribution in [1.29, 1.82) is 0 Å². The quantitative estimate of drug-likeness (QED) is 0.941. The van der Waals surface area contributed by atoms with E-state index in [1.165, 1.54) is 6.07 Å². The highest BCUT2D eigenvalue weighted by molar-refractivity contribution is 5.78. The first-order valence-electron chi connectivity index (χ1n) is 7.18. The van der Waals surface area contributed by atoms with Gasteiger partial charge in [0.2, 0.25) is 0 Å². The third-order valence-electron chi connectivity index (χ3n) is 4.36. The van der Waals surface area contributed by atoms with Crippen molar-refractivity contribution in [1.82, 2.24) is 5.32 Å². The maximum absolute atomic E-state index is 13.8. The second-order valence-electron chi connectivity index (χ2n) is 5.41. The molecule has 1 unspecified atom stereocenters. The Morgan fingerprint density at radius 3 is 2.71 bits per heavy atom. The van der Waals surface area contributed by atoms with Gasteiger partial charge in [-0.1, -0.05) is 12.1 Å². The first kappa shape index (κ1) is 14.5. The number of nitrogens with one attached hydrogen (secondary N) is 1. The third-order valence-corrected chi connectivity index (χ3v) is 4.36. The number of furan rings is 1. The van der Waals surface area contributed by atoms with Gasteiger partial charge in [0.1, 0.15) is 5.76 Å². The smallest absolute Gasteiger partial charge is 0.169 e. The van der Waals surface area contributed by atoms with E-state index < -0.39 is 5.60 Å². The van der Waals surface area contributed by atoms with E-state index in [4.69, 9.17) is 13.9 Å². The molecule has 0 bridgehead atoms. The molecule has 2 aromatic rings. The van der Waals surface area contributed by atoms with Crippen LogP contribution in [0.3, 0.4) is 0 Å².